The Morgan fingerprint density at radius 2 is 2.38 bits per heavy atom. The fraction of sp³-hybridized carbons (Fsp3) is 0.375. The SMILES string of the molecule is Cc1ncsc1-c1nnc(C2CCCN2C(=O)Cc2ccsc2)o1. The van der Waals surface area contributed by atoms with Crippen molar-refractivity contribution in [2.24, 2.45) is 0 Å². The van der Waals surface area contributed by atoms with Crippen molar-refractivity contribution in [3.05, 3.63) is 39.5 Å². The smallest absolute Gasteiger partial charge is 0.259 e. The predicted molar refractivity (Wildman–Crippen MR) is 91.9 cm³/mol. The number of rotatable bonds is 4. The molecule has 1 atom stereocenters. The van der Waals surface area contributed by atoms with E-state index >= 15 is 0 Å². The maximum atomic E-state index is 12.6. The Labute approximate surface area is 147 Å². The maximum Gasteiger partial charge on any atom is 0.259 e. The molecule has 1 fully saturated rings. The number of carbonyl (C=O) groups excluding carboxylic acids is 1. The summed E-state index contributed by atoms with van der Waals surface area (Å²) in [7, 11) is 0. The predicted octanol–water partition coefficient (Wildman–Crippen LogP) is 3.47. The Morgan fingerprint density at radius 1 is 1.46 bits per heavy atom. The first-order chi connectivity index (χ1) is 11.7. The summed E-state index contributed by atoms with van der Waals surface area (Å²) >= 11 is 3.09. The Balaban J connectivity index is 1.54. The fourth-order valence-electron chi connectivity index (χ4n) is 2.96. The summed E-state index contributed by atoms with van der Waals surface area (Å²) in [5.41, 5.74) is 3.70. The minimum Gasteiger partial charge on any atom is -0.418 e. The van der Waals surface area contributed by atoms with Crippen LogP contribution in [-0.2, 0) is 11.2 Å². The molecule has 1 aliphatic heterocycles. The molecule has 0 aromatic carbocycles. The number of nitrogens with zero attached hydrogens (tertiary/aromatic N) is 4. The number of thiazole rings is 1. The van der Waals surface area contributed by atoms with Gasteiger partial charge in [0.15, 0.2) is 0 Å². The van der Waals surface area contributed by atoms with Gasteiger partial charge in [-0.1, -0.05) is 0 Å². The molecule has 4 rings (SSSR count). The monoisotopic (exact) mass is 360 g/mol. The minimum absolute atomic E-state index is 0.115. The topological polar surface area (TPSA) is 72.1 Å². The molecule has 1 unspecified atom stereocenters. The molecule has 1 amide bonds. The molecule has 1 aliphatic rings. The molecule has 3 aromatic heterocycles. The van der Waals surface area contributed by atoms with Gasteiger partial charge < -0.3 is 9.32 Å². The number of aryl methyl sites for hydroxylation is 1. The highest BCUT2D eigenvalue weighted by atomic mass is 32.1. The summed E-state index contributed by atoms with van der Waals surface area (Å²) in [5, 5.41) is 12.4. The minimum atomic E-state index is -0.120. The van der Waals surface area contributed by atoms with Crippen LogP contribution in [0, 0.1) is 6.92 Å². The molecule has 3 aromatic rings. The quantitative estimate of drug-likeness (QED) is 0.712. The summed E-state index contributed by atoms with van der Waals surface area (Å²) in [4.78, 5) is 19.6. The van der Waals surface area contributed by atoms with E-state index in [1.807, 2.05) is 28.7 Å². The van der Waals surface area contributed by atoms with Crippen molar-refractivity contribution in [3.8, 4) is 10.8 Å². The number of amides is 1. The van der Waals surface area contributed by atoms with Crippen molar-refractivity contribution in [2.45, 2.75) is 32.2 Å². The molecule has 1 saturated heterocycles. The van der Waals surface area contributed by atoms with E-state index in [1.165, 1.54) is 11.3 Å². The van der Waals surface area contributed by atoms with Crippen LogP contribution in [0.3, 0.4) is 0 Å². The van der Waals surface area contributed by atoms with Crippen molar-refractivity contribution < 1.29 is 9.21 Å². The molecule has 0 aliphatic carbocycles. The lowest BCUT2D eigenvalue weighted by Crippen LogP contribution is -2.31. The summed E-state index contributed by atoms with van der Waals surface area (Å²) in [5.74, 6) is 1.13. The van der Waals surface area contributed by atoms with Gasteiger partial charge >= 0.3 is 0 Å². The van der Waals surface area contributed by atoms with Crippen LogP contribution in [0.4, 0.5) is 0 Å². The molecule has 0 radical (unpaired) electrons. The van der Waals surface area contributed by atoms with E-state index in [9.17, 15) is 4.79 Å². The van der Waals surface area contributed by atoms with Crippen LogP contribution in [0.15, 0.2) is 26.8 Å². The second kappa shape index (κ2) is 6.45. The summed E-state index contributed by atoms with van der Waals surface area (Å²) in [6.45, 7) is 2.66. The molecule has 0 spiro atoms. The van der Waals surface area contributed by atoms with Gasteiger partial charge in [-0.25, -0.2) is 4.98 Å². The van der Waals surface area contributed by atoms with Gasteiger partial charge in [-0.05, 0) is 42.2 Å². The summed E-state index contributed by atoms with van der Waals surface area (Å²) in [6, 6.07) is 1.87. The van der Waals surface area contributed by atoms with Crippen molar-refractivity contribution in [1.82, 2.24) is 20.1 Å². The van der Waals surface area contributed by atoms with Gasteiger partial charge in [0.2, 0.25) is 11.8 Å². The van der Waals surface area contributed by atoms with Crippen LogP contribution in [-0.4, -0.2) is 32.5 Å². The molecule has 24 heavy (non-hydrogen) atoms. The third-order valence-corrected chi connectivity index (χ3v) is 5.82. The van der Waals surface area contributed by atoms with Crippen LogP contribution < -0.4 is 0 Å². The zero-order valence-corrected chi connectivity index (χ0v) is 14.8. The maximum absolute atomic E-state index is 12.6. The number of hydrogen-bond donors (Lipinski definition) is 0. The zero-order chi connectivity index (χ0) is 16.5. The van der Waals surface area contributed by atoms with Gasteiger partial charge in [-0.15, -0.1) is 21.5 Å². The standard InChI is InChI=1S/C16H16N4O2S2/c1-10-14(24-9-17-10)16-19-18-15(22-16)12-3-2-5-20(12)13(21)7-11-4-6-23-8-11/h4,6,8-9,12H,2-3,5,7H2,1H3. The highest BCUT2D eigenvalue weighted by molar-refractivity contribution is 7.13. The summed E-state index contributed by atoms with van der Waals surface area (Å²) in [6.07, 6.45) is 2.24. The van der Waals surface area contributed by atoms with E-state index in [0.29, 0.717) is 18.2 Å². The van der Waals surface area contributed by atoms with Crippen LogP contribution in [0.25, 0.3) is 10.8 Å². The lowest BCUT2D eigenvalue weighted by molar-refractivity contribution is -0.131. The Morgan fingerprint density at radius 3 is 3.12 bits per heavy atom. The third-order valence-electron chi connectivity index (χ3n) is 4.17. The number of carbonyl (C=O) groups is 1. The molecule has 0 N–H and O–H groups in total. The van der Waals surface area contributed by atoms with Crippen molar-refractivity contribution >= 4 is 28.6 Å². The summed E-state index contributed by atoms with van der Waals surface area (Å²) < 4.78 is 5.86. The van der Waals surface area contributed by atoms with Crippen LogP contribution in [0.2, 0.25) is 0 Å². The van der Waals surface area contributed by atoms with E-state index in [-0.39, 0.29) is 11.9 Å². The zero-order valence-electron chi connectivity index (χ0n) is 13.1. The van der Waals surface area contributed by atoms with E-state index in [2.05, 4.69) is 15.2 Å². The van der Waals surface area contributed by atoms with Crippen LogP contribution >= 0.6 is 22.7 Å². The molecule has 4 heterocycles. The van der Waals surface area contributed by atoms with Crippen LogP contribution in [0.5, 0.6) is 0 Å². The normalized spacial score (nSPS) is 17.5. The van der Waals surface area contributed by atoms with Crippen LogP contribution in [0.1, 0.15) is 36.0 Å². The molecular weight excluding hydrogens is 344 g/mol. The number of hydrogen-bond acceptors (Lipinski definition) is 7. The average Bonchev–Trinajstić information content (AvgIpc) is 3.34. The van der Waals surface area contributed by atoms with Gasteiger partial charge in [0.05, 0.1) is 17.6 Å². The lowest BCUT2D eigenvalue weighted by Gasteiger charge is -2.21. The van der Waals surface area contributed by atoms with E-state index < -0.39 is 0 Å². The largest absolute Gasteiger partial charge is 0.418 e. The van der Waals surface area contributed by atoms with Gasteiger partial charge in [-0.3, -0.25) is 4.79 Å². The Hall–Kier alpha value is -2.06. The first-order valence-corrected chi connectivity index (χ1v) is 9.59. The fourth-order valence-corrected chi connectivity index (χ4v) is 4.35. The van der Waals surface area contributed by atoms with Gasteiger partial charge in [0.25, 0.3) is 5.89 Å². The number of aromatic nitrogens is 3. The third kappa shape index (κ3) is 2.87. The first-order valence-electron chi connectivity index (χ1n) is 7.77. The lowest BCUT2D eigenvalue weighted by atomic mass is 10.2. The highest BCUT2D eigenvalue weighted by Crippen LogP contribution is 2.34. The van der Waals surface area contributed by atoms with E-state index in [0.717, 1.165) is 35.5 Å². The second-order valence-corrected chi connectivity index (χ2v) is 7.40. The molecular formula is C16H16N4O2S2. The number of thiophene rings is 1. The van der Waals surface area contributed by atoms with E-state index in [4.69, 9.17) is 4.42 Å². The molecule has 0 bridgehead atoms. The molecule has 0 saturated carbocycles. The van der Waals surface area contributed by atoms with Gasteiger partial charge in [-0.2, -0.15) is 11.3 Å². The highest BCUT2D eigenvalue weighted by Gasteiger charge is 2.34. The number of likely N-dealkylation sites (tertiary alicyclic amines) is 1. The first kappa shape index (κ1) is 15.5. The Kier molecular flexibility index (Phi) is 4.15. The average molecular weight is 360 g/mol. The van der Waals surface area contributed by atoms with E-state index in [1.54, 1.807) is 16.8 Å². The van der Waals surface area contributed by atoms with Crippen molar-refractivity contribution in [1.29, 1.82) is 0 Å². The molecule has 8 heteroatoms. The second-order valence-electron chi connectivity index (χ2n) is 5.77. The Bertz CT molecular complexity index is 840. The van der Waals surface area contributed by atoms with Crippen molar-refractivity contribution in [3.63, 3.8) is 0 Å². The van der Waals surface area contributed by atoms with Gasteiger partial charge in [0, 0.05) is 6.54 Å². The molecule has 124 valence electrons. The van der Waals surface area contributed by atoms with Gasteiger partial charge in [0.1, 0.15) is 10.9 Å². The molecule has 6 nitrogen and oxygen atoms in total. The van der Waals surface area contributed by atoms with Crippen molar-refractivity contribution in [2.75, 3.05) is 6.54 Å².